The van der Waals surface area contributed by atoms with Gasteiger partial charge in [-0.3, -0.25) is 0 Å². The number of benzene rings is 1. The third kappa shape index (κ3) is 3.29. The number of hydrogen-bond acceptors (Lipinski definition) is 4. The van der Waals surface area contributed by atoms with E-state index in [0.717, 1.165) is 37.4 Å². The minimum atomic E-state index is -0.439. The molecule has 1 aromatic rings. The third-order valence-electron chi connectivity index (χ3n) is 4.01. The van der Waals surface area contributed by atoms with Crippen molar-refractivity contribution in [3.05, 3.63) is 23.8 Å². The van der Waals surface area contributed by atoms with Gasteiger partial charge in [-0.15, -0.1) is 0 Å². The number of carbonyl (C=O) groups is 1. The van der Waals surface area contributed by atoms with Crippen molar-refractivity contribution in [2.45, 2.75) is 45.1 Å². The van der Waals surface area contributed by atoms with Gasteiger partial charge in [0.2, 0.25) is 6.79 Å². The largest absolute Gasteiger partial charge is 0.454 e. The number of nitrogens with zero attached hydrogens (tertiary/aromatic N) is 1. The third-order valence-corrected chi connectivity index (χ3v) is 4.01. The minimum absolute atomic E-state index is 0.211. The van der Waals surface area contributed by atoms with Gasteiger partial charge in [-0.2, -0.15) is 0 Å². The fourth-order valence-corrected chi connectivity index (χ4v) is 2.89. The second-order valence-corrected chi connectivity index (χ2v) is 6.85. The van der Waals surface area contributed by atoms with Crippen LogP contribution in [-0.2, 0) is 4.74 Å². The standard InChI is InChI=1S/C17H23NO4/c1-17(2,3)22-16(19)18-8-6-12(7-9-18)13-4-5-14-15(10-13)21-11-20-14/h4-5,10,12H,6-9,11H2,1-3H3. The van der Waals surface area contributed by atoms with E-state index >= 15 is 0 Å². The molecule has 5 heteroatoms. The number of piperidine rings is 1. The average molecular weight is 305 g/mol. The summed E-state index contributed by atoms with van der Waals surface area (Å²) in [6, 6.07) is 6.13. The Morgan fingerprint density at radius 1 is 1.18 bits per heavy atom. The zero-order valence-electron chi connectivity index (χ0n) is 13.4. The molecule has 0 saturated carbocycles. The van der Waals surface area contributed by atoms with Crippen LogP contribution in [0.25, 0.3) is 0 Å². The van der Waals surface area contributed by atoms with E-state index in [1.165, 1.54) is 5.56 Å². The topological polar surface area (TPSA) is 48.0 Å². The van der Waals surface area contributed by atoms with Gasteiger partial charge < -0.3 is 19.1 Å². The molecule has 1 amide bonds. The normalized spacial score (nSPS) is 18.4. The van der Waals surface area contributed by atoms with E-state index in [0.29, 0.717) is 12.7 Å². The number of ether oxygens (including phenoxy) is 3. The molecule has 0 unspecified atom stereocenters. The summed E-state index contributed by atoms with van der Waals surface area (Å²) >= 11 is 0. The summed E-state index contributed by atoms with van der Waals surface area (Å²) in [6.45, 7) is 7.44. The summed E-state index contributed by atoms with van der Waals surface area (Å²) in [5.41, 5.74) is 0.818. The molecule has 2 aliphatic rings. The van der Waals surface area contributed by atoms with Crippen LogP contribution >= 0.6 is 0 Å². The Labute approximate surface area is 131 Å². The van der Waals surface area contributed by atoms with Crippen LogP contribution in [0, 0.1) is 0 Å². The maximum atomic E-state index is 12.1. The molecular weight excluding hydrogens is 282 g/mol. The van der Waals surface area contributed by atoms with Gasteiger partial charge in [0, 0.05) is 13.1 Å². The molecule has 3 rings (SSSR count). The van der Waals surface area contributed by atoms with Gasteiger partial charge in [0.25, 0.3) is 0 Å². The molecule has 0 atom stereocenters. The van der Waals surface area contributed by atoms with Crippen molar-refractivity contribution in [1.82, 2.24) is 4.90 Å². The lowest BCUT2D eigenvalue weighted by Gasteiger charge is -2.33. The Kier molecular flexibility index (Phi) is 3.89. The zero-order chi connectivity index (χ0) is 15.7. The molecule has 1 saturated heterocycles. The molecule has 0 aromatic heterocycles. The summed E-state index contributed by atoms with van der Waals surface area (Å²) < 4.78 is 16.2. The number of fused-ring (bicyclic) bond motifs is 1. The summed E-state index contributed by atoms with van der Waals surface area (Å²) in [5, 5.41) is 0. The molecular formula is C17H23NO4. The van der Waals surface area contributed by atoms with Crippen LogP contribution < -0.4 is 9.47 Å². The van der Waals surface area contributed by atoms with Crippen molar-refractivity contribution < 1.29 is 19.0 Å². The smallest absolute Gasteiger partial charge is 0.410 e. The van der Waals surface area contributed by atoms with Crippen LogP contribution in [0.5, 0.6) is 11.5 Å². The molecule has 0 bridgehead atoms. The molecule has 5 nitrogen and oxygen atoms in total. The first-order chi connectivity index (χ1) is 10.4. The minimum Gasteiger partial charge on any atom is -0.454 e. The van der Waals surface area contributed by atoms with E-state index in [1.807, 2.05) is 26.8 Å². The molecule has 0 aliphatic carbocycles. The lowest BCUT2D eigenvalue weighted by Crippen LogP contribution is -2.41. The maximum absolute atomic E-state index is 12.1. The highest BCUT2D eigenvalue weighted by atomic mass is 16.7. The number of amides is 1. The Hall–Kier alpha value is -1.91. The molecule has 0 spiro atoms. The number of rotatable bonds is 1. The average Bonchev–Trinajstić information content (AvgIpc) is 2.93. The highest BCUT2D eigenvalue weighted by molar-refractivity contribution is 5.68. The van der Waals surface area contributed by atoms with Gasteiger partial charge in [0.15, 0.2) is 11.5 Å². The summed E-state index contributed by atoms with van der Waals surface area (Å²) in [4.78, 5) is 13.9. The fourth-order valence-electron chi connectivity index (χ4n) is 2.89. The van der Waals surface area contributed by atoms with Crippen molar-refractivity contribution in [3.63, 3.8) is 0 Å². The van der Waals surface area contributed by atoms with Gasteiger partial charge in [0.1, 0.15) is 5.60 Å². The van der Waals surface area contributed by atoms with E-state index in [-0.39, 0.29) is 6.09 Å². The Balaban J connectivity index is 1.59. The van der Waals surface area contributed by atoms with Crippen LogP contribution in [0.2, 0.25) is 0 Å². The molecule has 2 aliphatic heterocycles. The lowest BCUT2D eigenvalue weighted by atomic mass is 9.89. The SMILES string of the molecule is CC(C)(C)OC(=O)N1CCC(c2ccc3c(c2)OCO3)CC1. The van der Waals surface area contributed by atoms with Crippen molar-refractivity contribution >= 4 is 6.09 Å². The van der Waals surface area contributed by atoms with E-state index < -0.39 is 5.60 Å². The summed E-state index contributed by atoms with van der Waals surface area (Å²) in [5.74, 6) is 2.09. The molecule has 1 aromatic carbocycles. The van der Waals surface area contributed by atoms with Gasteiger partial charge in [0.05, 0.1) is 0 Å². The van der Waals surface area contributed by atoms with Gasteiger partial charge in [-0.25, -0.2) is 4.79 Å². The van der Waals surface area contributed by atoms with E-state index in [9.17, 15) is 4.79 Å². The van der Waals surface area contributed by atoms with Gasteiger partial charge in [-0.05, 0) is 57.2 Å². The lowest BCUT2D eigenvalue weighted by molar-refractivity contribution is 0.0205. The van der Waals surface area contributed by atoms with E-state index in [2.05, 4.69) is 12.1 Å². The van der Waals surface area contributed by atoms with Crippen LogP contribution in [0.4, 0.5) is 4.79 Å². The molecule has 0 N–H and O–H groups in total. The van der Waals surface area contributed by atoms with Crippen LogP contribution in [0.15, 0.2) is 18.2 Å². The molecule has 0 radical (unpaired) electrons. The predicted octanol–water partition coefficient (Wildman–Crippen LogP) is 3.53. The van der Waals surface area contributed by atoms with E-state index in [1.54, 1.807) is 4.90 Å². The highest BCUT2D eigenvalue weighted by Gasteiger charge is 2.28. The van der Waals surface area contributed by atoms with Crippen molar-refractivity contribution in [2.75, 3.05) is 19.9 Å². The second kappa shape index (κ2) is 5.71. The summed E-state index contributed by atoms with van der Waals surface area (Å²) in [6.07, 6.45) is 1.68. The summed E-state index contributed by atoms with van der Waals surface area (Å²) in [7, 11) is 0. The predicted molar refractivity (Wildman–Crippen MR) is 82.3 cm³/mol. The second-order valence-electron chi connectivity index (χ2n) is 6.85. The molecule has 120 valence electrons. The van der Waals surface area contributed by atoms with Crippen LogP contribution in [-0.4, -0.2) is 36.5 Å². The monoisotopic (exact) mass is 305 g/mol. The fraction of sp³-hybridized carbons (Fsp3) is 0.588. The van der Waals surface area contributed by atoms with E-state index in [4.69, 9.17) is 14.2 Å². The maximum Gasteiger partial charge on any atom is 0.410 e. The quantitative estimate of drug-likeness (QED) is 0.796. The zero-order valence-corrected chi connectivity index (χ0v) is 13.4. The molecule has 1 fully saturated rings. The first-order valence-corrected chi connectivity index (χ1v) is 7.80. The molecule has 2 heterocycles. The van der Waals surface area contributed by atoms with Crippen LogP contribution in [0.1, 0.15) is 45.1 Å². The van der Waals surface area contributed by atoms with Gasteiger partial charge >= 0.3 is 6.09 Å². The number of likely N-dealkylation sites (tertiary alicyclic amines) is 1. The van der Waals surface area contributed by atoms with Crippen molar-refractivity contribution in [2.24, 2.45) is 0 Å². The Morgan fingerprint density at radius 3 is 2.55 bits per heavy atom. The van der Waals surface area contributed by atoms with Crippen LogP contribution in [0.3, 0.4) is 0 Å². The number of hydrogen-bond donors (Lipinski definition) is 0. The first-order valence-electron chi connectivity index (χ1n) is 7.80. The van der Waals surface area contributed by atoms with Gasteiger partial charge in [-0.1, -0.05) is 6.07 Å². The van der Waals surface area contributed by atoms with Crippen molar-refractivity contribution in [3.8, 4) is 11.5 Å². The Bertz CT molecular complexity index is 556. The Morgan fingerprint density at radius 2 is 1.86 bits per heavy atom. The van der Waals surface area contributed by atoms with Crippen molar-refractivity contribution in [1.29, 1.82) is 0 Å². The molecule has 22 heavy (non-hydrogen) atoms. The highest BCUT2D eigenvalue weighted by Crippen LogP contribution is 2.37. The number of carbonyl (C=O) groups excluding carboxylic acids is 1. The first kappa shape index (κ1) is 15.0.